The van der Waals surface area contributed by atoms with E-state index in [1.807, 2.05) is 0 Å². The molecule has 2 aliphatic rings. The van der Waals surface area contributed by atoms with Crippen LogP contribution in [0.2, 0.25) is 0 Å². The number of sulfonamides is 1. The molecule has 4 rings (SSSR count). The number of hydrogen-bond donors (Lipinski definition) is 1. The number of nitrogens with two attached hydrogens (primary N) is 1. The zero-order chi connectivity index (χ0) is 22.6. The molecular weight excluding hydrogens is 458 g/mol. The second-order valence-electron chi connectivity index (χ2n) is 10.2. The lowest BCUT2D eigenvalue weighted by atomic mass is 9.86. The first-order valence-electron chi connectivity index (χ1n) is 11.0. The molecule has 1 saturated heterocycles. The molecule has 2 aromatic rings. The van der Waals surface area contributed by atoms with Gasteiger partial charge in [-0.1, -0.05) is 20.8 Å². The first-order valence-corrected chi connectivity index (χ1v) is 12.5. The van der Waals surface area contributed by atoms with Crippen LogP contribution in [-0.4, -0.2) is 47.3 Å². The molecular formula is C22H33ClF2N4O2S. The molecule has 1 aromatic heterocycles. The van der Waals surface area contributed by atoms with E-state index in [0.29, 0.717) is 44.4 Å². The Labute approximate surface area is 195 Å². The minimum absolute atomic E-state index is 0. The largest absolute Gasteiger partial charge is 0.327 e. The molecule has 6 nitrogen and oxygen atoms in total. The van der Waals surface area contributed by atoms with Crippen LogP contribution < -0.4 is 5.73 Å². The van der Waals surface area contributed by atoms with E-state index < -0.39 is 15.9 Å². The van der Waals surface area contributed by atoms with Crippen molar-refractivity contribution in [1.82, 2.24) is 13.9 Å². The summed E-state index contributed by atoms with van der Waals surface area (Å²) in [5.41, 5.74) is 7.10. The highest BCUT2D eigenvalue weighted by molar-refractivity contribution is 7.89. The molecule has 180 valence electrons. The standard InChI is InChI=1S/C22H32F2N4O2S.ClH/c1-21(2,3)20-26-18-12-17(31(29,30)27-11-8-16(25)14-27)4-5-19(18)28(20)13-15-6-9-22(23,24)10-7-15;/h4-5,12,15-16H,6-11,13-14,25H2,1-3H3;1H/t16-;/m0./s1. The predicted molar refractivity (Wildman–Crippen MR) is 124 cm³/mol. The van der Waals surface area contributed by atoms with Gasteiger partial charge < -0.3 is 10.3 Å². The number of benzene rings is 1. The first kappa shape index (κ1) is 25.3. The number of aromatic nitrogens is 2. The third kappa shape index (κ3) is 4.95. The molecule has 1 aromatic carbocycles. The molecule has 0 spiro atoms. The van der Waals surface area contributed by atoms with Crippen molar-refractivity contribution in [2.24, 2.45) is 11.7 Å². The van der Waals surface area contributed by atoms with Gasteiger partial charge in [-0.25, -0.2) is 22.2 Å². The van der Waals surface area contributed by atoms with Gasteiger partial charge in [-0.15, -0.1) is 12.4 Å². The maximum absolute atomic E-state index is 13.6. The minimum Gasteiger partial charge on any atom is -0.327 e. The Kier molecular flexibility index (Phi) is 6.98. The van der Waals surface area contributed by atoms with Crippen LogP contribution in [-0.2, 0) is 22.0 Å². The number of nitrogens with zero attached hydrogens (tertiary/aromatic N) is 3. The number of halogens is 3. The van der Waals surface area contributed by atoms with Gasteiger partial charge in [0.1, 0.15) is 5.82 Å². The maximum atomic E-state index is 13.6. The Morgan fingerprint density at radius 1 is 1.19 bits per heavy atom. The minimum atomic E-state index is -3.62. The topological polar surface area (TPSA) is 81.2 Å². The Hall–Kier alpha value is -1.29. The summed E-state index contributed by atoms with van der Waals surface area (Å²) < 4.78 is 56.8. The van der Waals surface area contributed by atoms with E-state index in [4.69, 9.17) is 10.7 Å². The summed E-state index contributed by atoms with van der Waals surface area (Å²) in [6.07, 6.45) is 1.48. The van der Waals surface area contributed by atoms with Crippen molar-refractivity contribution in [3.63, 3.8) is 0 Å². The van der Waals surface area contributed by atoms with Crippen molar-refractivity contribution >= 4 is 33.5 Å². The quantitative estimate of drug-likeness (QED) is 0.692. The van der Waals surface area contributed by atoms with Crippen LogP contribution in [0.4, 0.5) is 8.78 Å². The van der Waals surface area contributed by atoms with Crippen molar-refractivity contribution in [3.8, 4) is 0 Å². The van der Waals surface area contributed by atoms with E-state index in [1.54, 1.807) is 18.2 Å². The van der Waals surface area contributed by atoms with Crippen LogP contribution in [0.1, 0.15) is 58.7 Å². The van der Waals surface area contributed by atoms with E-state index in [9.17, 15) is 17.2 Å². The lowest BCUT2D eigenvalue weighted by Gasteiger charge is -2.30. The highest BCUT2D eigenvalue weighted by Crippen LogP contribution is 2.38. The van der Waals surface area contributed by atoms with Gasteiger partial charge in [0.15, 0.2) is 0 Å². The van der Waals surface area contributed by atoms with Crippen molar-refractivity contribution < 1.29 is 17.2 Å². The average Bonchev–Trinajstić information content (AvgIpc) is 3.27. The van der Waals surface area contributed by atoms with Crippen molar-refractivity contribution in [2.75, 3.05) is 13.1 Å². The second-order valence-corrected chi connectivity index (χ2v) is 12.1. The van der Waals surface area contributed by atoms with Gasteiger partial charge in [0, 0.05) is 43.9 Å². The fraction of sp³-hybridized carbons (Fsp3) is 0.682. The molecule has 2 fully saturated rings. The van der Waals surface area contributed by atoms with Crippen molar-refractivity contribution in [3.05, 3.63) is 24.0 Å². The molecule has 0 bridgehead atoms. The fourth-order valence-electron chi connectivity index (χ4n) is 4.69. The summed E-state index contributed by atoms with van der Waals surface area (Å²) in [5.74, 6) is -1.55. The van der Waals surface area contributed by atoms with Crippen LogP contribution in [0.3, 0.4) is 0 Å². The monoisotopic (exact) mass is 490 g/mol. The van der Waals surface area contributed by atoms with E-state index >= 15 is 0 Å². The Bertz CT molecular complexity index is 1070. The van der Waals surface area contributed by atoms with Crippen LogP contribution >= 0.6 is 12.4 Å². The third-order valence-corrected chi connectivity index (χ3v) is 8.35. The van der Waals surface area contributed by atoms with Gasteiger partial charge in [0.25, 0.3) is 0 Å². The van der Waals surface area contributed by atoms with Crippen LogP contribution in [0, 0.1) is 5.92 Å². The molecule has 1 aliphatic heterocycles. The van der Waals surface area contributed by atoms with Gasteiger partial charge >= 0.3 is 0 Å². The summed E-state index contributed by atoms with van der Waals surface area (Å²) in [7, 11) is -3.62. The molecule has 2 N–H and O–H groups in total. The molecule has 0 unspecified atom stereocenters. The van der Waals surface area contributed by atoms with Crippen molar-refractivity contribution in [2.45, 2.75) is 81.7 Å². The summed E-state index contributed by atoms with van der Waals surface area (Å²) in [5, 5.41) is 0. The van der Waals surface area contributed by atoms with Gasteiger partial charge in [-0.3, -0.25) is 0 Å². The van der Waals surface area contributed by atoms with Gasteiger partial charge in [-0.2, -0.15) is 4.31 Å². The molecule has 2 heterocycles. The maximum Gasteiger partial charge on any atom is 0.248 e. The van der Waals surface area contributed by atoms with Crippen LogP contribution in [0.5, 0.6) is 0 Å². The Morgan fingerprint density at radius 3 is 2.41 bits per heavy atom. The van der Waals surface area contributed by atoms with Gasteiger partial charge in [-0.05, 0) is 43.4 Å². The number of rotatable bonds is 4. The van der Waals surface area contributed by atoms with Crippen molar-refractivity contribution in [1.29, 1.82) is 0 Å². The highest BCUT2D eigenvalue weighted by atomic mass is 35.5. The molecule has 1 aliphatic carbocycles. The summed E-state index contributed by atoms with van der Waals surface area (Å²) in [6.45, 7) is 7.55. The summed E-state index contributed by atoms with van der Waals surface area (Å²) in [4.78, 5) is 5.02. The smallest absolute Gasteiger partial charge is 0.248 e. The fourth-order valence-corrected chi connectivity index (χ4v) is 6.22. The van der Waals surface area contributed by atoms with E-state index in [2.05, 4.69) is 25.3 Å². The molecule has 0 amide bonds. The third-order valence-electron chi connectivity index (χ3n) is 6.49. The SMILES string of the molecule is CC(C)(C)c1nc2cc(S(=O)(=O)N3CC[C@H](N)C3)ccc2n1CC1CCC(F)(F)CC1.Cl. The number of alkyl halides is 2. The molecule has 1 saturated carbocycles. The Morgan fingerprint density at radius 2 is 1.84 bits per heavy atom. The van der Waals surface area contributed by atoms with Gasteiger partial charge in [0.05, 0.1) is 15.9 Å². The van der Waals surface area contributed by atoms with E-state index in [1.165, 1.54) is 4.31 Å². The predicted octanol–water partition coefficient (Wildman–Crippen LogP) is 4.30. The summed E-state index contributed by atoms with van der Waals surface area (Å²) >= 11 is 0. The normalized spacial score (nSPS) is 22.9. The first-order chi connectivity index (χ1) is 14.4. The number of hydrogen-bond acceptors (Lipinski definition) is 4. The average molecular weight is 491 g/mol. The number of imidazole rings is 1. The van der Waals surface area contributed by atoms with E-state index in [0.717, 1.165) is 11.3 Å². The van der Waals surface area contributed by atoms with E-state index in [-0.39, 0.29) is 47.5 Å². The highest BCUT2D eigenvalue weighted by Gasteiger charge is 2.36. The molecule has 1 atom stereocenters. The summed E-state index contributed by atoms with van der Waals surface area (Å²) in [6, 6.07) is 4.93. The molecule has 10 heteroatoms. The number of fused-ring (bicyclic) bond motifs is 1. The van der Waals surface area contributed by atoms with Crippen LogP contribution in [0.25, 0.3) is 11.0 Å². The zero-order valence-corrected chi connectivity index (χ0v) is 20.5. The molecule has 32 heavy (non-hydrogen) atoms. The van der Waals surface area contributed by atoms with Crippen LogP contribution in [0.15, 0.2) is 23.1 Å². The Balaban J connectivity index is 0.00000289. The van der Waals surface area contributed by atoms with Gasteiger partial charge in [0.2, 0.25) is 15.9 Å². The molecule has 0 radical (unpaired) electrons. The zero-order valence-electron chi connectivity index (χ0n) is 18.9. The lowest BCUT2D eigenvalue weighted by molar-refractivity contribution is -0.0473. The lowest BCUT2D eigenvalue weighted by Crippen LogP contribution is -2.31. The second kappa shape index (κ2) is 8.81.